The molecule has 1 nitrogen and oxygen atoms in total. The molecule has 78 valence electrons. The number of nitrogens with one attached hydrogen (secondary N) is 1. The Balaban J connectivity index is 4.28. The van der Waals surface area contributed by atoms with Crippen LogP contribution in [0, 0.1) is 0 Å². The normalized spacial score (nSPS) is 12.1. The molecule has 0 radical (unpaired) electrons. The van der Waals surface area contributed by atoms with E-state index in [1.54, 1.807) is 0 Å². The third kappa shape index (κ3) is 4.83. The van der Waals surface area contributed by atoms with Crippen molar-refractivity contribution in [2.24, 2.45) is 0 Å². The predicted octanol–water partition coefficient (Wildman–Crippen LogP) is 3.23. The van der Waals surface area contributed by atoms with Gasteiger partial charge in [-0.05, 0) is 37.1 Å². The van der Waals surface area contributed by atoms with Crippen molar-refractivity contribution < 1.29 is 0 Å². The van der Waals surface area contributed by atoms with Gasteiger partial charge in [0.05, 0.1) is 0 Å². The molecule has 0 aliphatic heterocycles. The first-order valence-corrected chi connectivity index (χ1v) is 5.00. The average Bonchev–Trinajstić information content (AvgIpc) is 2.22. The second-order valence-corrected chi connectivity index (χ2v) is 3.21. The van der Waals surface area contributed by atoms with Crippen molar-refractivity contribution in [3.8, 4) is 0 Å². The summed E-state index contributed by atoms with van der Waals surface area (Å²) in [6.45, 7) is 12.9. The van der Waals surface area contributed by atoms with Crippen molar-refractivity contribution in [2.75, 3.05) is 13.6 Å². The van der Waals surface area contributed by atoms with Gasteiger partial charge in [-0.2, -0.15) is 0 Å². The summed E-state index contributed by atoms with van der Waals surface area (Å²) in [5.41, 5.74) is 3.38. The molecule has 0 rings (SSSR count). The van der Waals surface area contributed by atoms with E-state index in [2.05, 4.69) is 37.6 Å². The lowest BCUT2D eigenvalue weighted by Gasteiger charge is -2.02. The van der Waals surface area contributed by atoms with Crippen LogP contribution in [-0.4, -0.2) is 13.6 Å². The smallest absolute Gasteiger partial charge is 0.0199 e. The van der Waals surface area contributed by atoms with Crippen LogP contribution in [0.2, 0.25) is 0 Å². The molecule has 1 heteroatoms. The zero-order valence-electron chi connectivity index (χ0n) is 9.56. The molecule has 0 atom stereocenters. The maximum Gasteiger partial charge on any atom is 0.0199 e. The number of allylic oxidation sites excluding steroid dienone is 4. The van der Waals surface area contributed by atoms with Crippen LogP contribution in [-0.2, 0) is 0 Å². The topological polar surface area (TPSA) is 12.0 Å². The Bertz CT molecular complexity index is 252. The maximum absolute atomic E-state index is 3.96. The molecule has 0 aromatic carbocycles. The van der Waals surface area contributed by atoms with Crippen LogP contribution in [0.4, 0.5) is 0 Å². The van der Waals surface area contributed by atoms with E-state index in [4.69, 9.17) is 0 Å². The van der Waals surface area contributed by atoms with Gasteiger partial charge in [0.1, 0.15) is 0 Å². The van der Waals surface area contributed by atoms with Crippen LogP contribution in [0.3, 0.4) is 0 Å². The molecule has 14 heavy (non-hydrogen) atoms. The summed E-state index contributed by atoms with van der Waals surface area (Å²) in [7, 11) is 1.94. The second kappa shape index (κ2) is 7.34. The van der Waals surface area contributed by atoms with E-state index in [0.717, 1.165) is 24.1 Å². The first-order valence-electron chi connectivity index (χ1n) is 5.00. The van der Waals surface area contributed by atoms with Gasteiger partial charge in [-0.3, -0.25) is 0 Å². The fourth-order valence-electron chi connectivity index (χ4n) is 1.01. The standard InChI is InChI=1S/C13H21N/c1-6-11(3)12(4)8-9-13(7-2)10-14-5/h7-9,14H,3-4,6,10H2,1-2,5H3/b9-8-,13-7+. The summed E-state index contributed by atoms with van der Waals surface area (Å²) in [6.07, 6.45) is 7.16. The van der Waals surface area contributed by atoms with E-state index >= 15 is 0 Å². The monoisotopic (exact) mass is 191 g/mol. The Morgan fingerprint density at radius 2 is 1.93 bits per heavy atom. The van der Waals surface area contributed by atoms with Crippen molar-refractivity contribution in [3.63, 3.8) is 0 Å². The SMILES string of the molecule is C=C(/C=C\C(=C/C)CNC)C(=C)CC. The van der Waals surface area contributed by atoms with Gasteiger partial charge >= 0.3 is 0 Å². The molecule has 0 aliphatic rings. The Morgan fingerprint density at radius 1 is 1.29 bits per heavy atom. The molecule has 0 spiro atoms. The summed E-state index contributed by atoms with van der Waals surface area (Å²) in [4.78, 5) is 0. The maximum atomic E-state index is 3.96. The molecule has 0 unspecified atom stereocenters. The molecule has 0 aromatic heterocycles. The van der Waals surface area contributed by atoms with E-state index in [1.165, 1.54) is 5.57 Å². The lowest BCUT2D eigenvalue weighted by Crippen LogP contribution is -2.08. The number of hydrogen-bond acceptors (Lipinski definition) is 1. The molecular formula is C13H21N. The van der Waals surface area contributed by atoms with Gasteiger partial charge in [0.2, 0.25) is 0 Å². The van der Waals surface area contributed by atoms with Crippen molar-refractivity contribution in [2.45, 2.75) is 20.3 Å². The Kier molecular flexibility index (Phi) is 6.77. The van der Waals surface area contributed by atoms with Crippen molar-refractivity contribution in [1.29, 1.82) is 0 Å². The molecule has 0 bridgehead atoms. The molecular weight excluding hydrogens is 170 g/mol. The molecule has 0 fully saturated rings. The highest BCUT2D eigenvalue weighted by molar-refractivity contribution is 5.38. The highest BCUT2D eigenvalue weighted by Crippen LogP contribution is 2.11. The quantitative estimate of drug-likeness (QED) is 0.636. The highest BCUT2D eigenvalue weighted by Gasteiger charge is 1.93. The summed E-state index contributed by atoms with van der Waals surface area (Å²) in [6, 6.07) is 0. The van der Waals surface area contributed by atoms with Gasteiger partial charge in [0.15, 0.2) is 0 Å². The highest BCUT2D eigenvalue weighted by atomic mass is 14.8. The van der Waals surface area contributed by atoms with Crippen LogP contribution in [0.25, 0.3) is 0 Å². The predicted molar refractivity (Wildman–Crippen MR) is 65.4 cm³/mol. The van der Waals surface area contributed by atoms with Gasteiger partial charge < -0.3 is 5.32 Å². The van der Waals surface area contributed by atoms with E-state index in [1.807, 2.05) is 20.0 Å². The second-order valence-electron chi connectivity index (χ2n) is 3.21. The number of hydrogen-bond donors (Lipinski definition) is 1. The van der Waals surface area contributed by atoms with Crippen LogP contribution < -0.4 is 5.32 Å². The first-order chi connectivity index (χ1) is 6.65. The van der Waals surface area contributed by atoms with Gasteiger partial charge in [0.25, 0.3) is 0 Å². The number of likely N-dealkylation sites (N-methyl/N-ethyl adjacent to an activating group) is 1. The zero-order valence-corrected chi connectivity index (χ0v) is 9.56. The zero-order chi connectivity index (χ0) is 11.0. The van der Waals surface area contributed by atoms with Crippen LogP contribution >= 0.6 is 0 Å². The lowest BCUT2D eigenvalue weighted by atomic mass is 10.1. The van der Waals surface area contributed by atoms with Gasteiger partial charge in [-0.25, -0.2) is 0 Å². The molecule has 1 N–H and O–H groups in total. The van der Waals surface area contributed by atoms with Gasteiger partial charge in [0, 0.05) is 6.54 Å². The summed E-state index contributed by atoms with van der Waals surface area (Å²) in [5.74, 6) is 0. The van der Waals surface area contributed by atoms with E-state index < -0.39 is 0 Å². The van der Waals surface area contributed by atoms with E-state index in [-0.39, 0.29) is 0 Å². The molecule has 0 heterocycles. The van der Waals surface area contributed by atoms with Gasteiger partial charge in [-0.1, -0.05) is 38.3 Å². The summed E-state index contributed by atoms with van der Waals surface area (Å²) < 4.78 is 0. The van der Waals surface area contributed by atoms with Crippen molar-refractivity contribution in [3.05, 3.63) is 48.1 Å². The van der Waals surface area contributed by atoms with Crippen LogP contribution in [0.5, 0.6) is 0 Å². The molecule has 0 saturated heterocycles. The molecule has 0 amide bonds. The average molecular weight is 191 g/mol. The fourth-order valence-corrected chi connectivity index (χ4v) is 1.01. The molecule has 0 aromatic rings. The first kappa shape index (κ1) is 12.9. The lowest BCUT2D eigenvalue weighted by molar-refractivity contribution is 0.894. The Labute approximate surface area is 87.9 Å². The van der Waals surface area contributed by atoms with Crippen LogP contribution in [0.15, 0.2) is 48.1 Å². The molecule has 0 aliphatic carbocycles. The Hall–Kier alpha value is -1.08. The fraction of sp³-hybridized carbons (Fsp3) is 0.385. The number of rotatable bonds is 6. The minimum Gasteiger partial charge on any atom is -0.316 e. The van der Waals surface area contributed by atoms with E-state index in [0.29, 0.717) is 0 Å². The molecule has 0 saturated carbocycles. The van der Waals surface area contributed by atoms with Crippen molar-refractivity contribution in [1.82, 2.24) is 5.32 Å². The van der Waals surface area contributed by atoms with Gasteiger partial charge in [-0.15, -0.1) is 0 Å². The van der Waals surface area contributed by atoms with Crippen molar-refractivity contribution >= 4 is 0 Å². The third-order valence-corrected chi connectivity index (χ3v) is 2.13. The minimum atomic E-state index is 0.888. The van der Waals surface area contributed by atoms with E-state index in [9.17, 15) is 0 Å². The minimum absolute atomic E-state index is 0.888. The largest absolute Gasteiger partial charge is 0.316 e. The summed E-state index contributed by atoms with van der Waals surface area (Å²) >= 11 is 0. The van der Waals surface area contributed by atoms with Crippen LogP contribution in [0.1, 0.15) is 20.3 Å². The summed E-state index contributed by atoms with van der Waals surface area (Å²) in [5, 5.41) is 3.11. The third-order valence-electron chi connectivity index (χ3n) is 2.13. The Morgan fingerprint density at radius 3 is 2.36 bits per heavy atom.